The van der Waals surface area contributed by atoms with Gasteiger partial charge in [-0.2, -0.15) is 0 Å². The van der Waals surface area contributed by atoms with E-state index in [0.29, 0.717) is 63.9 Å². The predicted molar refractivity (Wildman–Crippen MR) is 252 cm³/mol. The topological polar surface area (TPSA) is 174 Å². The third-order valence-electron chi connectivity index (χ3n) is 13.3. The highest BCUT2D eigenvalue weighted by Crippen LogP contribution is 2.45. The van der Waals surface area contributed by atoms with Crippen molar-refractivity contribution < 1.29 is 34.8 Å². The fourth-order valence-electron chi connectivity index (χ4n) is 10.0. The van der Waals surface area contributed by atoms with Crippen molar-refractivity contribution in [2.24, 2.45) is 40.5 Å². The molecule has 2 aliphatic carbocycles. The Morgan fingerprint density at radius 3 is 2.56 bits per heavy atom. The monoisotopic (exact) mass is 874 g/mol. The molecule has 0 amide bonds. The van der Waals surface area contributed by atoms with Gasteiger partial charge in [-0.1, -0.05) is 55.5 Å². The number of allylic oxidation sites excluding steroid dienone is 1. The van der Waals surface area contributed by atoms with Gasteiger partial charge in [0.05, 0.1) is 44.0 Å². The number of hydrogen-bond donors (Lipinski definition) is 6. The number of nitrogens with zero attached hydrogens (tertiary/aromatic N) is 2. The van der Waals surface area contributed by atoms with E-state index in [4.69, 9.17) is 9.73 Å². The van der Waals surface area contributed by atoms with Crippen molar-refractivity contribution in [2.45, 2.75) is 110 Å². The maximum atomic E-state index is 14.7. The summed E-state index contributed by atoms with van der Waals surface area (Å²) in [4.78, 5) is 37.8. The molecule has 0 unspecified atom stereocenters. The molecule has 6 rings (SSSR count). The highest BCUT2D eigenvalue weighted by atomic mass is 16.5. The van der Waals surface area contributed by atoms with Crippen molar-refractivity contribution in [3.63, 3.8) is 0 Å². The SMILES string of the molecule is CCC[C@@H]([C@H]1C[C@H](Cc2ccnc(NCCCO)c2)C[C@H]2C#C[C@H](c3ccccc3)c3cc(O)c(OC)cc3CCC(=O)CC(=O)[C@@H]2C1)[C@H](O)CC1=C[C+]([C@H](C)CNC[C@H](C)O)C=N1. The summed E-state index contributed by atoms with van der Waals surface area (Å²) in [6, 6.07) is 17.6. The van der Waals surface area contributed by atoms with Crippen LogP contribution in [0.5, 0.6) is 11.5 Å². The number of carbonyl (C=O) groups is 2. The summed E-state index contributed by atoms with van der Waals surface area (Å²) in [5.74, 6) is 8.11. The van der Waals surface area contributed by atoms with E-state index >= 15 is 0 Å². The molecule has 2 heterocycles. The number of anilines is 1. The molecule has 1 aliphatic heterocycles. The molecular formula is C53H69N4O7+. The number of hydrogen-bond acceptors (Lipinski definition) is 11. The van der Waals surface area contributed by atoms with Gasteiger partial charge in [0.2, 0.25) is 0 Å². The normalized spacial score (nSPS) is 23.2. The number of rotatable bonds is 19. The van der Waals surface area contributed by atoms with Gasteiger partial charge in [0.25, 0.3) is 0 Å². The third kappa shape index (κ3) is 13.3. The van der Waals surface area contributed by atoms with Gasteiger partial charge in [-0.25, -0.2) is 4.98 Å². The first-order chi connectivity index (χ1) is 31.0. The molecule has 6 N–H and O–H groups in total. The molecule has 0 spiro atoms. The van der Waals surface area contributed by atoms with E-state index in [0.717, 1.165) is 58.9 Å². The number of methoxy groups -OCH3 is 1. The molecule has 9 atom stereocenters. The number of aromatic nitrogens is 1. The number of nitrogens with one attached hydrogen (secondary N) is 2. The first-order valence-corrected chi connectivity index (χ1v) is 23.4. The molecule has 11 heteroatoms. The van der Waals surface area contributed by atoms with Gasteiger partial charge in [-0.05, 0) is 123 Å². The summed E-state index contributed by atoms with van der Waals surface area (Å²) >= 11 is 0. The Morgan fingerprint density at radius 2 is 1.81 bits per heavy atom. The summed E-state index contributed by atoms with van der Waals surface area (Å²) in [6.45, 7) is 7.93. The van der Waals surface area contributed by atoms with E-state index in [1.165, 1.54) is 7.11 Å². The summed E-state index contributed by atoms with van der Waals surface area (Å²) in [6.07, 6.45) is 10.3. The number of aromatic hydroxyl groups is 1. The Hall–Kier alpha value is -4.99. The minimum Gasteiger partial charge on any atom is -0.504 e. The summed E-state index contributed by atoms with van der Waals surface area (Å²) < 4.78 is 5.50. The third-order valence-corrected chi connectivity index (χ3v) is 13.3. The first kappa shape index (κ1) is 48.5. The van der Waals surface area contributed by atoms with Crippen molar-refractivity contribution in [2.75, 3.05) is 38.7 Å². The van der Waals surface area contributed by atoms with Crippen LogP contribution < -0.4 is 15.4 Å². The molecule has 342 valence electrons. The Kier molecular flexibility index (Phi) is 18.0. The van der Waals surface area contributed by atoms with Gasteiger partial charge < -0.3 is 35.8 Å². The first-order valence-electron chi connectivity index (χ1n) is 23.4. The second-order valence-electron chi connectivity index (χ2n) is 18.4. The van der Waals surface area contributed by atoms with E-state index in [9.17, 15) is 30.0 Å². The molecule has 11 nitrogen and oxygen atoms in total. The number of Topliss-reactive ketones (excluding diaryl/α,β-unsaturated/α-hetero) is 2. The van der Waals surface area contributed by atoms with Gasteiger partial charge >= 0.3 is 0 Å². The van der Waals surface area contributed by atoms with Crippen molar-refractivity contribution in [1.29, 1.82) is 0 Å². The fraction of sp³-hybridized carbons (Fsp3) is 0.528. The maximum Gasteiger partial charge on any atom is 0.177 e. The number of aryl methyl sites for hydroxylation is 1. The second kappa shape index (κ2) is 23.8. The van der Waals surface area contributed by atoms with E-state index in [1.54, 1.807) is 25.3 Å². The van der Waals surface area contributed by atoms with E-state index < -0.39 is 24.0 Å². The molecule has 2 aromatic carbocycles. The van der Waals surface area contributed by atoms with Crippen LogP contribution in [0.3, 0.4) is 0 Å². The van der Waals surface area contributed by atoms with Crippen molar-refractivity contribution in [3.05, 3.63) is 101 Å². The summed E-state index contributed by atoms with van der Waals surface area (Å²) in [5.41, 5.74) is 4.55. The fourth-order valence-corrected chi connectivity index (χ4v) is 10.0. The van der Waals surface area contributed by atoms with Crippen LogP contribution in [-0.4, -0.2) is 88.8 Å². The lowest BCUT2D eigenvalue weighted by molar-refractivity contribution is -0.130. The minimum absolute atomic E-state index is 0.00308. The van der Waals surface area contributed by atoms with Crippen LogP contribution in [0.15, 0.2) is 77.6 Å². The zero-order chi connectivity index (χ0) is 45.6. The Labute approximate surface area is 380 Å². The highest BCUT2D eigenvalue weighted by molar-refractivity contribution is 6.00. The smallest absolute Gasteiger partial charge is 0.177 e. The molecule has 3 aromatic rings. The number of aliphatic hydroxyl groups is 3. The molecule has 1 aromatic heterocycles. The van der Waals surface area contributed by atoms with Crippen LogP contribution in [0.25, 0.3) is 0 Å². The second-order valence-corrected chi connectivity index (χ2v) is 18.4. The lowest BCUT2D eigenvalue weighted by Gasteiger charge is -2.32. The van der Waals surface area contributed by atoms with Gasteiger partial charge in [0, 0.05) is 50.7 Å². The Balaban J connectivity index is 1.38. The molecule has 1 fully saturated rings. The Bertz CT molecular complexity index is 2130. The number of phenolic OH excluding ortho intramolecular Hbond substituents is 1. The maximum absolute atomic E-state index is 14.7. The number of ketones is 2. The van der Waals surface area contributed by atoms with E-state index in [-0.39, 0.29) is 66.4 Å². The average molecular weight is 874 g/mol. The zero-order valence-electron chi connectivity index (χ0n) is 38.1. The number of phenols is 1. The number of aliphatic imine (C=N–C) groups is 1. The van der Waals surface area contributed by atoms with Crippen LogP contribution in [-0.2, 0) is 22.4 Å². The van der Waals surface area contributed by atoms with Crippen molar-refractivity contribution >= 4 is 23.6 Å². The average Bonchev–Trinajstić information content (AvgIpc) is 3.67. The molecular weight excluding hydrogens is 805 g/mol. The van der Waals surface area contributed by atoms with Crippen LogP contribution in [0.2, 0.25) is 0 Å². The number of aliphatic hydroxyl groups excluding tert-OH is 3. The van der Waals surface area contributed by atoms with Gasteiger partial charge in [-0.15, -0.1) is 4.99 Å². The standard InChI is InChI=1S/C53H68N4O7/c1-5-10-46(49(61)28-43-25-42(33-57-43)34(2)31-54-32-35(3)59)41-23-37(21-36-17-19-56-53(24-36)55-18-9-20-58)22-39-14-16-45(38-11-7-6-8-12-38)47-30-51(63)52(64-4)27-40(47)13-15-44(60)29-50(62)48(39)26-41/h6-8,11-12,17,19,24-25,27,30,33-35,37,39,41,45-46,48-49,54,58-59,61H,5,9-10,13,15,18,20-23,26,28-29,31-32H2,1-4H3,(H-,55,56,63)/p+1/t34-,35+,37-,39-,41+,45-,46+,48-,49-/m1/s1. The van der Waals surface area contributed by atoms with E-state index in [1.807, 2.05) is 42.6 Å². The van der Waals surface area contributed by atoms with Crippen LogP contribution >= 0.6 is 0 Å². The molecule has 64 heavy (non-hydrogen) atoms. The number of pyridine rings is 1. The quantitative estimate of drug-likeness (QED) is 0.0308. The molecule has 0 radical (unpaired) electrons. The van der Waals surface area contributed by atoms with Crippen molar-refractivity contribution in [1.82, 2.24) is 10.3 Å². The number of benzene rings is 2. The largest absolute Gasteiger partial charge is 0.504 e. The van der Waals surface area contributed by atoms with Crippen molar-refractivity contribution in [3.8, 4) is 23.3 Å². The number of fused-ring (bicyclic) bond motifs is 2. The molecule has 0 bridgehead atoms. The van der Waals surface area contributed by atoms with Gasteiger partial charge in [0.1, 0.15) is 35.6 Å². The van der Waals surface area contributed by atoms with Gasteiger partial charge in [-0.3, -0.25) is 9.59 Å². The van der Waals surface area contributed by atoms with Crippen LogP contribution in [0, 0.1) is 53.3 Å². The molecule has 0 saturated heterocycles. The number of carbonyl (C=O) groups excluding carboxylic acids is 2. The highest BCUT2D eigenvalue weighted by Gasteiger charge is 2.42. The summed E-state index contributed by atoms with van der Waals surface area (Å²) in [7, 11) is 1.51. The Morgan fingerprint density at radius 1 is 1.00 bits per heavy atom. The van der Waals surface area contributed by atoms with Crippen LogP contribution in [0.1, 0.15) is 107 Å². The van der Waals surface area contributed by atoms with Gasteiger partial charge in [0.15, 0.2) is 17.2 Å². The lowest BCUT2D eigenvalue weighted by Crippen LogP contribution is -2.32. The summed E-state index contributed by atoms with van der Waals surface area (Å²) in [5, 5.41) is 49.0. The zero-order valence-corrected chi connectivity index (χ0v) is 38.1. The van der Waals surface area contributed by atoms with E-state index in [2.05, 4.69) is 53.4 Å². The molecule has 1 saturated carbocycles. The minimum atomic E-state index is -0.700. The predicted octanol–water partition coefficient (Wildman–Crippen LogP) is 7.41. The van der Waals surface area contributed by atoms with Crippen LogP contribution in [0.4, 0.5) is 5.82 Å². The molecule has 3 aliphatic rings. The lowest BCUT2D eigenvalue weighted by atomic mass is 9.73. The number of ether oxygens (including phenoxy) is 1.